The first-order chi connectivity index (χ1) is 9.97. The van der Waals surface area contributed by atoms with E-state index in [0.29, 0.717) is 29.4 Å². The summed E-state index contributed by atoms with van der Waals surface area (Å²) in [7, 11) is -3.26. The van der Waals surface area contributed by atoms with Gasteiger partial charge in [0.1, 0.15) is 5.75 Å². The van der Waals surface area contributed by atoms with E-state index < -0.39 is 9.84 Å². The van der Waals surface area contributed by atoms with Crippen LogP contribution in [0.3, 0.4) is 0 Å². The monoisotopic (exact) mass is 369 g/mol. The SMILES string of the molecule is Nc1ccc(OCCCS(=O)(=O)c2ccc(Br)cc2)cc1. The molecule has 2 aromatic rings. The molecule has 4 nitrogen and oxygen atoms in total. The molecule has 0 unspecified atom stereocenters. The normalized spacial score (nSPS) is 11.3. The van der Waals surface area contributed by atoms with Crippen LogP contribution in [0.5, 0.6) is 5.75 Å². The minimum absolute atomic E-state index is 0.0591. The third-order valence-corrected chi connectivity index (χ3v) is 5.22. The molecule has 2 N–H and O–H groups in total. The molecule has 0 atom stereocenters. The minimum Gasteiger partial charge on any atom is -0.494 e. The van der Waals surface area contributed by atoms with Crippen molar-refractivity contribution < 1.29 is 13.2 Å². The van der Waals surface area contributed by atoms with E-state index in [1.807, 2.05) is 0 Å². The number of nitrogens with two attached hydrogens (primary N) is 1. The number of anilines is 1. The summed E-state index contributed by atoms with van der Waals surface area (Å²) in [5.41, 5.74) is 6.24. The maximum absolute atomic E-state index is 12.1. The van der Waals surface area contributed by atoms with Crippen LogP contribution >= 0.6 is 15.9 Å². The fourth-order valence-electron chi connectivity index (χ4n) is 1.76. The van der Waals surface area contributed by atoms with Crippen molar-refractivity contribution in [3.8, 4) is 5.75 Å². The molecule has 0 aliphatic heterocycles. The second kappa shape index (κ2) is 6.95. The van der Waals surface area contributed by atoms with E-state index in [1.165, 1.54) is 0 Å². The van der Waals surface area contributed by atoms with Crippen molar-refractivity contribution in [2.75, 3.05) is 18.1 Å². The van der Waals surface area contributed by atoms with Gasteiger partial charge in [0.25, 0.3) is 0 Å². The number of halogens is 1. The van der Waals surface area contributed by atoms with E-state index in [2.05, 4.69) is 15.9 Å². The van der Waals surface area contributed by atoms with E-state index in [0.717, 1.165) is 4.47 Å². The van der Waals surface area contributed by atoms with E-state index in [1.54, 1.807) is 48.5 Å². The highest BCUT2D eigenvalue weighted by Crippen LogP contribution is 2.17. The van der Waals surface area contributed by atoms with Gasteiger partial charge in [0.05, 0.1) is 17.3 Å². The Morgan fingerprint density at radius 1 is 1.00 bits per heavy atom. The van der Waals surface area contributed by atoms with Gasteiger partial charge < -0.3 is 10.5 Å². The molecule has 0 aliphatic rings. The fraction of sp³-hybridized carbons (Fsp3) is 0.200. The number of sulfone groups is 1. The maximum atomic E-state index is 12.1. The van der Waals surface area contributed by atoms with Gasteiger partial charge in [0.2, 0.25) is 0 Å². The zero-order chi connectivity index (χ0) is 15.3. The lowest BCUT2D eigenvalue weighted by Crippen LogP contribution is -2.10. The number of benzene rings is 2. The van der Waals surface area contributed by atoms with Gasteiger partial charge in [0.15, 0.2) is 9.84 Å². The highest BCUT2D eigenvalue weighted by Gasteiger charge is 2.13. The molecule has 6 heteroatoms. The first-order valence-electron chi connectivity index (χ1n) is 6.44. The molecule has 0 fully saturated rings. The Morgan fingerprint density at radius 3 is 2.24 bits per heavy atom. The molecular formula is C15H16BrNO3S. The summed E-state index contributed by atoms with van der Waals surface area (Å²) in [6.07, 6.45) is 0.433. The fourth-order valence-corrected chi connectivity index (χ4v) is 3.31. The molecule has 0 aliphatic carbocycles. The van der Waals surface area contributed by atoms with Crippen molar-refractivity contribution in [1.82, 2.24) is 0 Å². The number of hydrogen-bond acceptors (Lipinski definition) is 4. The van der Waals surface area contributed by atoms with Crippen molar-refractivity contribution in [2.45, 2.75) is 11.3 Å². The Kier molecular flexibility index (Phi) is 5.25. The minimum atomic E-state index is -3.26. The molecule has 2 rings (SSSR count). The molecule has 0 saturated carbocycles. The van der Waals surface area contributed by atoms with Gasteiger partial charge in [0, 0.05) is 10.2 Å². The van der Waals surface area contributed by atoms with E-state index in [4.69, 9.17) is 10.5 Å². The Morgan fingerprint density at radius 2 is 1.62 bits per heavy atom. The van der Waals surface area contributed by atoms with Crippen LogP contribution in [0.2, 0.25) is 0 Å². The number of rotatable bonds is 6. The zero-order valence-corrected chi connectivity index (χ0v) is 13.7. The highest BCUT2D eigenvalue weighted by atomic mass is 79.9. The van der Waals surface area contributed by atoms with Gasteiger partial charge in [-0.25, -0.2) is 8.42 Å². The number of nitrogen functional groups attached to an aromatic ring is 1. The van der Waals surface area contributed by atoms with Gasteiger partial charge in [-0.1, -0.05) is 15.9 Å². The maximum Gasteiger partial charge on any atom is 0.178 e. The lowest BCUT2D eigenvalue weighted by atomic mass is 10.3. The van der Waals surface area contributed by atoms with Crippen molar-refractivity contribution in [3.05, 3.63) is 53.0 Å². The molecule has 0 radical (unpaired) electrons. The molecule has 0 heterocycles. The van der Waals surface area contributed by atoms with Crippen molar-refractivity contribution in [2.24, 2.45) is 0 Å². The second-order valence-electron chi connectivity index (χ2n) is 4.54. The van der Waals surface area contributed by atoms with E-state index in [-0.39, 0.29) is 5.75 Å². The van der Waals surface area contributed by atoms with E-state index >= 15 is 0 Å². The van der Waals surface area contributed by atoms with Crippen LogP contribution in [0.25, 0.3) is 0 Å². The smallest absolute Gasteiger partial charge is 0.178 e. The Labute approximate surface area is 133 Å². The first-order valence-corrected chi connectivity index (χ1v) is 8.88. The standard InChI is InChI=1S/C15H16BrNO3S/c16-12-2-8-15(9-3-12)21(18,19)11-1-10-20-14-6-4-13(17)5-7-14/h2-9H,1,10-11,17H2. The quantitative estimate of drug-likeness (QED) is 0.626. The van der Waals surface area contributed by atoms with Crippen LogP contribution in [0.4, 0.5) is 5.69 Å². The van der Waals surface area contributed by atoms with Crippen LogP contribution in [0.1, 0.15) is 6.42 Å². The van der Waals surface area contributed by atoms with Crippen molar-refractivity contribution >= 4 is 31.5 Å². The van der Waals surface area contributed by atoms with Crippen LogP contribution in [0, 0.1) is 0 Å². The summed E-state index contributed by atoms with van der Waals surface area (Å²) >= 11 is 3.28. The third-order valence-electron chi connectivity index (χ3n) is 2.88. The molecule has 0 bridgehead atoms. The number of hydrogen-bond donors (Lipinski definition) is 1. The topological polar surface area (TPSA) is 69.4 Å². The van der Waals surface area contributed by atoms with Crippen molar-refractivity contribution in [1.29, 1.82) is 0 Å². The van der Waals surface area contributed by atoms with Crippen molar-refractivity contribution in [3.63, 3.8) is 0 Å². The van der Waals surface area contributed by atoms with Gasteiger partial charge >= 0.3 is 0 Å². The van der Waals surface area contributed by atoms with Crippen LogP contribution in [-0.4, -0.2) is 20.8 Å². The summed E-state index contributed by atoms with van der Waals surface area (Å²) in [5, 5.41) is 0. The molecule has 0 spiro atoms. The molecule has 112 valence electrons. The average molecular weight is 370 g/mol. The average Bonchev–Trinajstić information content (AvgIpc) is 2.46. The second-order valence-corrected chi connectivity index (χ2v) is 7.57. The number of ether oxygens (including phenoxy) is 1. The highest BCUT2D eigenvalue weighted by molar-refractivity contribution is 9.10. The summed E-state index contributed by atoms with van der Waals surface area (Å²) in [6.45, 7) is 0.347. The predicted molar refractivity (Wildman–Crippen MR) is 87.2 cm³/mol. The summed E-state index contributed by atoms with van der Waals surface area (Å²) < 4.78 is 30.6. The van der Waals surface area contributed by atoms with Gasteiger partial charge in [-0.05, 0) is 55.0 Å². The Hall–Kier alpha value is -1.53. The zero-order valence-electron chi connectivity index (χ0n) is 11.3. The molecule has 21 heavy (non-hydrogen) atoms. The molecule has 0 amide bonds. The van der Waals surface area contributed by atoms with Gasteiger partial charge in [-0.15, -0.1) is 0 Å². The third kappa shape index (κ3) is 4.75. The van der Waals surface area contributed by atoms with E-state index in [9.17, 15) is 8.42 Å². The largest absolute Gasteiger partial charge is 0.494 e. The Bertz CT molecular complexity index is 682. The summed E-state index contributed by atoms with van der Waals surface area (Å²) in [5.74, 6) is 0.745. The van der Waals surface area contributed by atoms with Crippen LogP contribution in [0.15, 0.2) is 57.9 Å². The molecule has 0 saturated heterocycles. The van der Waals surface area contributed by atoms with Crippen LogP contribution < -0.4 is 10.5 Å². The Balaban J connectivity index is 1.85. The van der Waals surface area contributed by atoms with Gasteiger partial charge in [-0.3, -0.25) is 0 Å². The first kappa shape index (κ1) is 15.9. The lowest BCUT2D eigenvalue weighted by molar-refractivity contribution is 0.317. The summed E-state index contributed by atoms with van der Waals surface area (Å²) in [4.78, 5) is 0.332. The summed E-state index contributed by atoms with van der Waals surface area (Å²) in [6, 6.07) is 13.6. The molecular weight excluding hydrogens is 354 g/mol. The van der Waals surface area contributed by atoms with Gasteiger partial charge in [-0.2, -0.15) is 0 Å². The molecule has 0 aromatic heterocycles. The predicted octanol–water partition coefficient (Wildman–Crippen LogP) is 3.27. The molecule has 2 aromatic carbocycles. The lowest BCUT2D eigenvalue weighted by Gasteiger charge is -2.07. The van der Waals surface area contributed by atoms with Crippen LogP contribution in [-0.2, 0) is 9.84 Å².